The smallest absolute Gasteiger partial charge is 0.238 e. The van der Waals surface area contributed by atoms with Gasteiger partial charge in [-0.3, -0.25) is 14.5 Å². The zero-order valence-electron chi connectivity index (χ0n) is 17.0. The summed E-state index contributed by atoms with van der Waals surface area (Å²) < 4.78 is 5.24. The van der Waals surface area contributed by atoms with Gasteiger partial charge < -0.3 is 15.0 Å². The van der Waals surface area contributed by atoms with Crippen LogP contribution in [0.1, 0.15) is 39.0 Å². The molecule has 1 aromatic rings. The van der Waals surface area contributed by atoms with E-state index in [1.165, 1.54) is 0 Å². The van der Waals surface area contributed by atoms with Gasteiger partial charge in [-0.2, -0.15) is 5.26 Å². The van der Waals surface area contributed by atoms with Gasteiger partial charge in [-0.15, -0.1) is 0 Å². The normalized spacial score (nSPS) is 15.5. The van der Waals surface area contributed by atoms with E-state index in [9.17, 15) is 14.9 Å². The van der Waals surface area contributed by atoms with Crippen LogP contribution in [0, 0.1) is 11.3 Å². The number of ether oxygens (including phenoxy) is 1. The lowest BCUT2D eigenvalue weighted by molar-refractivity contribution is -0.136. The quantitative estimate of drug-likeness (QED) is 0.742. The number of hydrogen-bond donors (Lipinski definition) is 1. The minimum atomic E-state index is -0.714. The molecule has 2 amide bonds. The van der Waals surface area contributed by atoms with Gasteiger partial charge in [0.2, 0.25) is 11.8 Å². The van der Waals surface area contributed by atoms with Crippen molar-refractivity contribution in [1.82, 2.24) is 9.80 Å². The number of carbonyl (C=O) groups excluding carboxylic acids is 2. The summed E-state index contributed by atoms with van der Waals surface area (Å²) >= 11 is 0. The number of hydrogen-bond acceptors (Lipinski definition) is 5. The molecule has 0 atom stereocenters. The molecule has 0 bridgehead atoms. The molecule has 7 nitrogen and oxygen atoms in total. The van der Waals surface area contributed by atoms with Crippen molar-refractivity contribution in [2.75, 3.05) is 39.1 Å². The summed E-state index contributed by atoms with van der Waals surface area (Å²) in [6, 6.07) is 9.56. The van der Waals surface area contributed by atoms with Crippen molar-refractivity contribution in [2.45, 2.75) is 44.6 Å². The molecule has 1 aliphatic carbocycles. The van der Waals surface area contributed by atoms with Crippen LogP contribution in [0.25, 0.3) is 0 Å². The molecule has 0 spiro atoms. The Morgan fingerprint density at radius 3 is 2.50 bits per heavy atom. The zero-order valence-corrected chi connectivity index (χ0v) is 17.0. The van der Waals surface area contributed by atoms with Crippen molar-refractivity contribution in [3.8, 4) is 11.8 Å². The summed E-state index contributed by atoms with van der Waals surface area (Å²) in [6.45, 7) is 2.66. The first-order chi connectivity index (χ1) is 13.5. The fourth-order valence-corrected chi connectivity index (χ4v) is 3.62. The van der Waals surface area contributed by atoms with E-state index in [0.29, 0.717) is 30.8 Å². The number of nitrogens with zero attached hydrogens (tertiary/aromatic N) is 3. The Kier molecular flexibility index (Phi) is 7.82. The average molecular weight is 386 g/mol. The van der Waals surface area contributed by atoms with Crippen molar-refractivity contribution in [3.63, 3.8) is 0 Å². The van der Waals surface area contributed by atoms with E-state index < -0.39 is 5.54 Å². The Balaban J connectivity index is 1.96. The van der Waals surface area contributed by atoms with Gasteiger partial charge in [0.25, 0.3) is 0 Å². The standard InChI is InChI=1S/C21H30N4O3/c1-4-25(14-19(26)23-17-10-6-7-11-18(17)28-3)15-20(27)24(2)21(16-22)12-8-5-9-13-21/h6-7,10-11H,4-5,8-9,12-15H2,1-3H3,(H,23,26). The Labute approximate surface area is 167 Å². The Hall–Kier alpha value is -2.59. The lowest BCUT2D eigenvalue weighted by atomic mass is 9.81. The Bertz CT molecular complexity index is 723. The molecule has 0 heterocycles. The molecule has 1 N–H and O–H groups in total. The van der Waals surface area contributed by atoms with Gasteiger partial charge in [-0.1, -0.05) is 38.3 Å². The van der Waals surface area contributed by atoms with Crippen molar-refractivity contribution in [2.24, 2.45) is 0 Å². The number of carbonyl (C=O) groups is 2. The van der Waals surface area contributed by atoms with E-state index in [1.54, 1.807) is 36.1 Å². The summed E-state index contributed by atoms with van der Waals surface area (Å²) in [6.07, 6.45) is 4.46. The summed E-state index contributed by atoms with van der Waals surface area (Å²) in [5.74, 6) is 0.243. The van der Waals surface area contributed by atoms with Crippen LogP contribution in [0.2, 0.25) is 0 Å². The van der Waals surface area contributed by atoms with E-state index in [-0.39, 0.29) is 24.9 Å². The van der Waals surface area contributed by atoms with E-state index in [2.05, 4.69) is 11.4 Å². The predicted octanol–water partition coefficient (Wildman–Crippen LogP) is 2.64. The maximum atomic E-state index is 12.8. The molecule has 0 aliphatic heterocycles. The topological polar surface area (TPSA) is 85.7 Å². The van der Waals surface area contributed by atoms with Gasteiger partial charge >= 0.3 is 0 Å². The number of nitriles is 1. The SMILES string of the molecule is CCN(CC(=O)Nc1ccccc1OC)CC(=O)N(C)C1(C#N)CCCCC1. The Morgan fingerprint density at radius 1 is 1.21 bits per heavy atom. The summed E-state index contributed by atoms with van der Waals surface area (Å²) in [5.41, 5.74) is -0.117. The van der Waals surface area contributed by atoms with Crippen LogP contribution in [0.4, 0.5) is 5.69 Å². The van der Waals surface area contributed by atoms with E-state index in [0.717, 1.165) is 19.3 Å². The largest absolute Gasteiger partial charge is 0.495 e. The van der Waals surface area contributed by atoms with Crippen LogP contribution in [0.15, 0.2) is 24.3 Å². The third-order valence-electron chi connectivity index (χ3n) is 5.46. The van der Waals surface area contributed by atoms with Crippen LogP contribution < -0.4 is 10.1 Å². The van der Waals surface area contributed by atoms with Gasteiger partial charge in [-0.25, -0.2) is 0 Å². The lowest BCUT2D eigenvalue weighted by Gasteiger charge is -2.39. The number of likely N-dealkylation sites (N-methyl/N-ethyl adjacent to an activating group) is 2. The molecular weight excluding hydrogens is 356 g/mol. The second-order valence-corrected chi connectivity index (χ2v) is 7.21. The second kappa shape index (κ2) is 10.1. The van der Waals surface area contributed by atoms with Crippen LogP contribution in [0.3, 0.4) is 0 Å². The molecule has 1 aromatic carbocycles. The molecule has 0 aromatic heterocycles. The van der Waals surface area contributed by atoms with Gasteiger partial charge in [0.05, 0.1) is 32.0 Å². The number of rotatable bonds is 8. The number of benzene rings is 1. The highest BCUT2D eigenvalue weighted by atomic mass is 16.5. The molecule has 1 aliphatic rings. The first-order valence-electron chi connectivity index (χ1n) is 9.79. The van der Waals surface area contributed by atoms with Crippen molar-refractivity contribution < 1.29 is 14.3 Å². The molecule has 28 heavy (non-hydrogen) atoms. The van der Waals surface area contributed by atoms with Gasteiger partial charge in [0.15, 0.2) is 0 Å². The molecule has 2 rings (SSSR count). The van der Waals surface area contributed by atoms with Crippen LogP contribution in [-0.4, -0.2) is 60.9 Å². The number of amides is 2. The third kappa shape index (κ3) is 5.23. The fourth-order valence-electron chi connectivity index (χ4n) is 3.62. The first kappa shape index (κ1) is 21.7. The number of methoxy groups -OCH3 is 1. The predicted molar refractivity (Wildman–Crippen MR) is 108 cm³/mol. The molecule has 0 saturated heterocycles. The molecule has 7 heteroatoms. The molecule has 152 valence electrons. The minimum Gasteiger partial charge on any atom is -0.495 e. The maximum absolute atomic E-state index is 12.8. The van der Waals surface area contributed by atoms with Crippen molar-refractivity contribution >= 4 is 17.5 Å². The van der Waals surface area contributed by atoms with E-state index >= 15 is 0 Å². The first-order valence-corrected chi connectivity index (χ1v) is 9.79. The monoisotopic (exact) mass is 386 g/mol. The highest BCUT2D eigenvalue weighted by molar-refractivity contribution is 5.94. The van der Waals surface area contributed by atoms with Gasteiger partial charge in [-0.05, 0) is 31.5 Å². The fraction of sp³-hybridized carbons (Fsp3) is 0.571. The second-order valence-electron chi connectivity index (χ2n) is 7.21. The molecule has 1 fully saturated rings. The van der Waals surface area contributed by atoms with E-state index in [1.807, 2.05) is 19.1 Å². The summed E-state index contributed by atoms with van der Waals surface area (Å²) in [4.78, 5) is 28.6. The average Bonchev–Trinajstić information content (AvgIpc) is 2.73. The highest BCUT2D eigenvalue weighted by Gasteiger charge is 2.39. The highest BCUT2D eigenvalue weighted by Crippen LogP contribution is 2.32. The zero-order chi connectivity index (χ0) is 20.6. The maximum Gasteiger partial charge on any atom is 0.238 e. The lowest BCUT2D eigenvalue weighted by Crippen LogP contribution is -2.53. The van der Waals surface area contributed by atoms with E-state index in [4.69, 9.17) is 4.74 Å². The number of anilines is 1. The summed E-state index contributed by atoms with van der Waals surface area (Å²) in [5, 5.41) is 12.5. The number of nitrogens with one attached hydrogen (secondary N) is 1. The van der Waals surface area contributed by atoms with Crippen LogP contribution in [-0.2, 0) is 9.59 Å². The molecular formula is C21H30N4O3. The van der Waals surface area contributed by atoms with Crippen LogP contribution in [0.5, 0.6) is 5.75 Å². The van der Waals surface area contributed by atoms with Gasteiger partial charge in [0, 0.05) is 7.05 Å². The third-order valence-corrected chi connectivity index (χ3v) is 5.46. The summed E-state index contributed by atoms with van der Waals surface area (Å²) in [7, 11) is 3.26. The van der Waals surface area contributed by atoms with Crippen LogP contribution >= 0.6 is 0 Å². The van der Waals surface area contributed by atoms with Crippen molar-refractivity contribution in [3.05, 3.63) is 24.3 Å². The Morgan fingerprint density at radius 2 is 1.89 bits per heavy atom. The van der Waals surface area contributed by atoms with Gasteiger partial charge in [0.1, 0.15) is 11.3 Å². The minimum absolute atomic E-state index is 0.0910. The molecule has 0 radical (unpaired) electrons. The van der Waals surface area contributed by atoms with Crippen molar-refractivity contribution in [1.29, 1.82) is 5.26 Å². The molecule has 1 saturated carbocycles. The number of para-hydroxylation sites is 2. The molecule has 0 unspecified atom stereocenters.